The van der Waals surface area contributed by atoms with E-state index in [2.05, 4.69) is 26.3 Å². The highest BCUT2D eigenvalue weighted by Crippen LogP contribution is 2.20. The Hall–Kier alpha value is -1.82. The molecule has 1 aromatic heterocycles. The summed E-state index contributed by atoms with van der Waals surface area (Å²) >= 11 is 3.37. The monoisotopic (exact) mass is 309 g/mol. The van der Waals surface area contributed by atoms with Crippen LogP contribution in [-0.4, -0.2) is 20.9 Å². The third kappa shape index (κ3) is 2.89. The van der Waals surface area contributed by atoms with Crippen molar-refractivity contribution in [1.82, 2.24) is 9.78 Å². The van der Waals surface area contributed by atoms with Crippen molar-refractivity contribution in [3.63, 3.8) is 0 Å². The number of carboxylic acid groups (broad SMARTS) is 1. The average molecular weight is 310 g/mol. The van der Waals surface area contributed by atoms with Gasteiger partial charge in [0, 0.05) is 24.3 Å². The smallest absolute Gasteiger partial charge is 0.335 e. The van der Waals surface area contributed by atoms with Gasteiger partial charge in [0.1, 0.15) is 0 Å². The highest BCUT2D eigenvalue weighted by molar-refractivity contribution is 9.10. The molecule has 0 aliphatic heterocycles. The number of carboxylic acids is 1. The molecule has 0 aliphatic rings. The summed E-state index contributed by atoms with van der Waals surface area (Å²) in [5.41, 5.74) is 2.18. The number of aryl methyl sites for hydroxylation is 1. The minimum absolute atomic E-state index is 0.270. The molecule has 0 fully saturated rings. The predicted molar refractivity (Wildman–Crippen MR) is 71.6 cm³/mol. The van der Waals surface area contributed by atoms with Crippen molar-refractivity contribution in [3.8, 4) is 0 Å². The molecule has 18 heavy (non-hydrogen) atoms. The van der Waals surface area contributed by atoms with Gasteiger partial charge in [-0.3, -0.25) is 4.68 Å². The van der Waals surface area contributed by atoms with Gasteiger partial charge in [0.05, 0.1) is 17.4 Å². The molecule has 0 saturated heterocycles. The van der Waals surface area contributed by atoms with E-state index in [-0.39, 0.29) is 5.56 Å². The Morgan fingerprint density at radius 3 is 2.89 bits per heavy atom. The fraction of sp³-hybridized carbons (Fsp3) is 0.167. The van der Waals surface area contributed by atoms with E-state index in [0.29, 0.717) is 6.54 Å². The SMILES string of the molecule is Cn1cc(NCc2ccc(C(=O)O)cc2Br)cn1. The van der Waals surface area contributed by atoms with Crippen LogP contribution in [0.15, 0.2) is 35.1 Å². The van der Waals surface area contributed by atoms with Gasteiger partial charge in [0.25, 0.3) is 0 Å². The Morgan fingerprint density at radius 2 is 2.33 bits per heavy atom. The molecule has 0 aliphatic carbocycles. The molecule has 0 unspecified atom stereocenters. The standard InChI is InChI=1S/C12H12BrN3O2/c1-16-7-10(6-15-16)14-5-9-3-2-8(12(17)18)4-11(9)13/h2-4,6-7,14H,5H2,1H3,(H,17,18). The number of hydrogen-bond acceptors (Lipinski definition) is 3. The van der Waals surface area contributed by atoms with E-state index in [1.807, 2.05) is 13.2 Å². The summed E-state index contributed by atoms with van der Waals surface area (Å²) < 4.78 is 2.49. The highest BCUT2D eigenvalue weighted by atomic mass is 79.9. The van der Waals surface area contributed by atoms with E-state index in [0.717, 1.165) is 15.7 Å². The van der Waals surface area contributed by atoms with Crippen LogP contribution in [0.2, 0.25) is 0 Å². The van der Waals surface area contributed by atoms with Gasteiger partial charge >= 0.3 is 5.97 Å². The molecule has 6 heteroatoms. The predicted octanol–water partition coefficient (Wildman–Crippen LogP) is 2.49. The molecule has 94 valence electrons. The minimum Gasteiger partial charge on any atom is -0.478 e. The summed E-state index contributed by atoms with van der Waals surface area (Å²) in [6.07, 6.45) is 3.61. The third-order valence-electron chi connectivity index (χ3n) is 2.49. The fourth-order valence-electron chi connectivity index (χ4n) is 1.53. The van der Waals surface area contributed by atoms with Crippen LogP contribution in [0, 0.1) is 0 Å². The van der Waals surface area contributed by atoms with Gasteiger partial charge in [0.15, 0.2) is 0 Å². The lowest BCUT2D eigenvalue weighted by Crippen LogP contribution is -2.02. The largest absolute Gasteiger partial charge is 0.478 e. The molecule has 0 radical (unpaired) electrons. The van der Waals surface area contributed by atoms with Crippen molar-refractivity contribution in [1.29, 1.82) is 0 Å². The zero-order valence-electron chi connectivity index (χ0n) is 9.72. The molecular weight excluding hydrogens is 298 g/mol. The van der Waals surface area contributed by atoms with Crippen molar-refractivity contribution in [3.05, 3.63) is 46.2 Å². The first-order valence-electron chi connectivity index (χ1n) is 5.30. The van der Waals surface area contributed by atoms with Gasteiger partial charge < -0.3 is 10.4 Å². The number of hydrogen-bond donors (Lipinski definition) is 2. The molecule has 1 aromatic carbocycles. The Balaban J connectivity index is 2.08. The van der Waals surface area contributed by atoms with Crippen molar-refractivity contribution >= 4 is 27.6 Å². The van der Waals surface area contributed by atoms with E-state index < -0.39 is 5.97 Å². The van der Waals surface area contributed by atoms with E-state index in [4.69, 9.17) is 5.11 Å². The van der Waals surface area contributed by atoms with E-state index in [1.165, 1.54) is 0 Å². The second-order valence-corrected chi connectivity index (χ2v) is 4.72. The maximum Gasteiger partial charge on any atom is 0.335 e. The van der Waals surface area contributed by atoms with Crippen molar-refractivity contribution < 1.29 is 9.90 Å². The Morgan fingerprint density at radius 1 is 1.56 bits per heavy atom. The van der Waals surface area contributed by atoms with Crippen LogP contribution in [0.1, 0.15) is 15.9 Å². The number of nitrogens with one attached hydrogen (secondary N) is 1. The summed E-state index contributed by atoms with van der Waals surface area (Å²) in [7, 11) is 1.85. The number of benzene rings is 1. The van der Waals surface area contributed by atoms with Gasteiger partial charge in [0.2, 0.25) is 0 Å². The normalized spacial score (nSPS) is 10.3. The van der Waals surface area contributed by atoms with Crippen LogP contribution in [0.4, 0.5) is 5.69 Å². The third-order valence-corrected chi connectivity index (χ3v) is 3.23. The number of aromatic carboxylic acids is 1. The second-order valence-electron chi connectivity index (χ2n) is 3.87. The quantitative estimate of drug-likeness (QED) is 0.910. The van der Waals surface area contributed by atoms with Gasteiger partial charge in [-0.1, -0.05) is 22.0 Å². The Kier molecular flexibility index (Phi) is 3.66. The molecule has 2 aromatic rings. The number of aromatic nitrogens is 2. The summed E-state index contributed by atoms with van der Waals surface area (Å²) in [5, 5.41) is 16.1. The molecule has 0 amide bonds. The number of halogens is 1. The Labute approximate surface area is 113 Å². The minimum atomic E-state index is -0.928. The van der Waals surface area contributed by atoms with Crippen LogP contribution in [0.3, 0.4) is 0 Å². The molecule has 0 spiro atoms. The van der Waals surface area contributed by atoms with E-state index in [9.17, 15) is 4.79 Å². The van der Waals surface area contributed by atoms with E-state index in [1.54, 1.807) is 29.1 Å². The fourth-order valence-corrected chi connectivity index (χ4v) is 2.05. The van der Waals surface area contributed by atoms with Gasteiger partial charge in [-0.05, 0) is 17.7 Å². The molecule has 0 bridgehead atoms. The molecule has 5 nitrogen and oxygen atoms in total. The van der Waals surface area contributed by atoms with Crippen LogP contribution >= 0.6 is 15.9 Å². The molecule has 2 rings (SSSR count). The Bertz CT molecular complexity index is 580. The van der Waals surface area contributed by atoms with E-state index >= 15 is 0 Å². The van der Waals surface area contributed by atoms with Crippen molar-refractivity contribution in [2.45, 2.75) is 6.54 Å². The first kappa shape index (κ1) is 12.6. The lowest BCUT2D eigenvalue weighted by molar-refractivity contribution is 0.0697. The zero-order valence-corrected chi connectivity index (χ0v) is 11.3. The first-order chi connectivity index (χ1) is 8.56. The highest BCUT2D eigenvalue weighted by Gasteiger charge is 2.06. The maximum atomic E-state index is 10.8. The van der Waals surface area contributed by atoms with Crippen molar-refractivity contribution in [2.24, 2.45) is 7.05 Å². The number of rotatable bonds is 4. The average Bonchev–Trinajstić information content (AvgIpc) is 2.73. The van der Waals surface area contributed by atoms with Gasteiger partial charge in [-0.2, -0.15) is 5.10 Å². The second kappa shape index (κ2) is 5.22. The molecule has 0 saturated carbocycles. The first-order valence-corrected chi connectivity index (χ1v) is 6.10. The number of nitrogens with zero attached hydrogens (tertiary/aromatic N) is 2. The van der Waals surface area contributed by atoms with Gasteiger partial charge in [-0.15, -0.1) is 0 Å². The lowest BCUT2D eigenvalue weighted by Gasteiger charge is -2.07. The molecule has 0 atom stereocenters. The lowest BCUT2D eigenvalue weighted by atomic mass is 10.1. The van der Waals surface area contributed by atoms with Crippen molar-refractivity contribution in [2.75, 3.05) is 5.32 Å². The summed E-state index contributed by atoms with van der Waals surface area (Å²) in [6, 6.07) is 4.98. The van der Waals surface area contributed by atoms with Gasteiger partial charge in [-0.25, -0.2) is 4.79 Å². The van der Waals surface area contributed by atoms with Crippen LogP contribution in [0.25, 0.3) is 0 Å². The number of anilines is 1. The summed E-state index contributed by atoms with van der Waals surface area (Å²) in [4.78, 5) is 10.8. The number of carbonyl (C=O) groups is 1. The summed E-state index contributed by atoms with van der Waals surface area (Å²) in [5.74, 6) is -0.928. The van der Waals surface area contributed by atoms with Crippen LogP contribution in [0.5, 0.6) is 0 Å². The molecule has 1 heterocycles. The van der Waals surface area contributed by atoms with Crippen LogP contribution < -0.4 is 5.32 Å². The maximum absolute atomic E-state index is 10.8. The molecular formula is C12H12BrN3O2. The zero-order chi connectivity index (χ0) is 13.1. The topological polar surface area (TPSA) is 67.2 Å². The summed E-state index contributed by atoms with van der Waals surface area (Å²) in [6.45, 7) is 0.603. The van der Waals surface area contributed by atoms with Crippen LogP contribution in [-0.2, 0) is 13.6 Å². The molecule has 2 N–H and O–H groups in total.